The van der Waals surface area contributed by atoms with Gasteiger partial charge in [0.2, 0.25) is 5.91 Å². The zero-order valence-electron chi connectivity index (χ0n) is 16.6. The summed E-state index contributed by atoms with van der Waals surface area (Å²) in [7, 11) is 1.62. The summed E-state index contributed by atoms with van der Waals surface area (Å²) in [5.74, 6) is 0.752. The first-order valence-corrected chi connectivity index (χ1v) is 10.5. The van der Waals surface area contributed by atoms with Gasteiger partial charge in [0.25, 0.3) is 5.56 Å². The third kappa shape index (κ3) is 4.11. The summed E-state index contributed by atoms with van der Waals surface area (Å²) < 4.78 is 9.71. The average molecular weight is 468 g/mol. The number of benzene rings is 2. The molecular formula is C23H22BrN3O3. The Morgan fingerprint density at radius 3 is 2.63 bits per heavy atom. The first-order valence-electron chi connectivity index (χ1n) is 9.75. The minimum absolute atomic E-state index is 0.0342. The van der Waals surface area contributed by atoms with Crippen LogP contribution in [0.5, 0.6) is 5.75 Å². The highest BCUT2D eigenvalue weighted by molar-refractivity contribution is 9.10. The zero-order chi connectivity index (χ0) is 21.1. The van der Waals surface area contributed by atoms with Gasteiger partial charge in [0, 0.05) is 30.2 Å². The zero-order valence-corrected chi connectivity index (χ0v) is 18.2. The molecule has 0 radical (unpaired) electrons. The fraction of sp³-hybridized carbons (Fsp3) is 0.217. The third-order valence-corrected chi connectivity index (χ3v) is 5.63. The molecule has 0 atom stereocenters. The smallest absolute Gasteiger partial charge is 0.275 e. The summed E-state index contributed by atoms with van der Waals surface area (Å²) in [5, 5.41) is 2.93. The van der Waals surface area contributed by atoms with Gasteiger partial charge in [-0.05, 0) is 54.4 Å². The number of nitrogens with zero attached hydrogens (tertiary/aromatic N) is 2. The summed E-state index contributed by atoms with van der Waals surface area (Å²) in [5.41, 5.74) is 3.39. The van der Waals surface area contributed by atoms with E-state index in [1.165, 1.54) is 0 Å². The number of rotatable bonds is 7. The van der Waals surface area contributed by atoms with Gasteiger partial charge in [0.15, 0.2) is 0 Å². The lowest BCUT2D eigenvalue weighted by atomic mass is 10.2. The quantitative estimate of drug-likeness (QED) is 0.444. The predicted octanol–water partition coefficient (Wildman–Crippen LogP) is 4.12. The van der Waals surface area contributed by atoms with E-state index in [-0.39, 0.29) is 11.5 Å². The van der Waals surface area contributed by atoms with Crippen molar-refractivity contribution in [3.63, 3.8) is 0 Å². The largest absolute Gasteiger partial charge is 0.497 e. The van der Waals surface area contributed by atoms with E-state index in [1.807, 2.05) is 65.2 Å². The Morgan fingerprint density at radius 2 is 1.87 bits per heavy atom. The second kappa shape index (κ2) is 8.75. The highest BCUT2D eigenvalue weighted by atomic mass is 79.9. The van der Waals surface area contributed by atoms with Gasteiger partial charge in [-0.25, -0.2) is 0 Å². The van der Waals surface area contributed by atoms with Crippen LogP contribution in [0.25, 0.3) is 16.6 Å². The summed E-state index contributed by atoms with van der Waals surface area (Å²) in [6.07, 6.45) is 2.82. The van der Waals surface area contributed by atoms with E-state index in [2.05, 4.69) is 21.2 Å². The average Bonchev–Trinajstić information content (AvgIpc) is 3.25. The molecule has 0 fully saturated rings. The first kappa shape index (κ1) is 20.2. The van der Waals surface area contributed by atoms with Gasteiger partial charge in [0.1, 0.15) is 11.3 Å². The number of aryl methyl sites for hydroxylation is 1. The van der Waals surface area contributed by atoms with Gasteiger partial charge in [-0.15, -0.1) is 0 Å². The molecule has 1 N–H and O–H groups in total. The van der Waals surface area contributed by atoms with Crippen molar-refractivity contribution in [1.82, 2.24) is 14.3 Å². The molecule has 0 saturated carbocycles. The molecule has 0 saturated heterocycles. The van der Waals surface area contributed by atoms with Crippen LogP contribution in [-0.4, -0.2) is 22.0 Å². The molecular weight excluding hydrogens is 446 g/mol. The van der Waals surface area contributed by atoms with Crippen molar-refractivity contribution in [3.8, 4) is 5.75 Å². The van der Waals surface area contributed by atoms with Crippen LogP contribution in [0.15, 0.2) is 70.1 Å². The molecule has 0 aliphatic rings. The van der Waals surface area contributed by atoms with Crippen LogP contribution in [0.1, 0.15) is 18.4 Å². The van der Waals surface area contributed by atoms with Crippen LogP contribution in [0.2, 0.25) is 0 Å². The Hall–Kier alpha value is -3.06. The van der Waals surface area contributed by atoms with E-state index in [0.29, 0.717) is 31.4 Å². The van der Waals surface area contributed by atoms with E-state index < -0.39 is 0 Å². The lowest BCUT2D eigenvalue weighted by Gasteiger charge is -2.13. The second-order valence-corrected chi connectivity index (χ2v) is 8.00. The fourth-order valence-corrected chi connectivity index (χ4v) is 3.93. The number of aromatic nitrogens is 2. The number of carbonyl (C=O) groups excluding carboxylic acids is 1. The van der Waals surface area contributed by atoms with Gasteiger partial charge >= 0.3 is 0 Å². The minimum Gasteiger partial charge on any atom is -0.497 e. The number of hydrogen-bond acceptors (Lipinski definition) is 3. The van der Waals surface area contributed by atoms with Crippen molar-refractivity contribution in [1.29, 1.82) is 0 Å². The van der Waals surface area contributed by atoms with Gasteiger partial charge in [0.05, 0.1) is 18.1 Å². The fourth-order valence-electron chi connectivity index (χ4n) is 3.58. The topological polar surface area (TPSA) is 64.7 Å². The molecule has 4 aromatic rings. The van der Waals surface area contributed by atoms with E-state index in [9.17, 15) is 9.59 Å². The van der Waals surface area contributed by atoms with Gasteiger partial charge in [-0.2, -0.15) is 0 Å². The van der Waals surface area contributed by atoms with Gasteiger partial charge in [-0.3, -0.25) is 9.59 Å². The predicted molar refractivity (Wildman–Crippen MR) is 121 cm³/mol. The molecule has 0 aliphatic carbocycles. The molecule has 4 rings (SSSR count). The van der Waals surface area contributed by atoms with Crippen molar-refractivity contribution in [2.24, 2.45) is 0 Å². The number of methoxy groups -OCH3 is 1. The summed E-state index contributed by atoms with van der Waals surface area (Å²) >= 11 is 3.49. The van der Waals surface area contributed by atoms with Crippen LogP contribution >= 0.6 is 15.9 Å². The Bertz CT molecular complexity index is 1260. The molecule has 0 spiro atoms. The van der Waals surface area contributed by atoms with Crippen LogP contribution in [0.4, 0.5) is 0 Å². The van der Waals surface area contributed by atoms with Gasteiger partial charge < -0.3 is 19.0 Å². The van der Waals surface area contributed by atoms with Crippen LogP contribution in [0, 0.1) is 0 Å². The molecule has 0 aliphatic heterocycles. The maximum atomic E-state index is 13.0. The summed E-state index contributed by atoms with van der Waals surface area (Å²) in [6, 6.07) is 17.2. The highest BCUT2D eigenvalue weighted by Gasteiger charge is 2.11. The number of carbonyl (C=O) groups is 1. The number of halogens is 1. The van der Waals surface area contributed by atoms with Gasteiger partial charge in [-0.1, -0.05) is 28.1 Å². The standard InChI is InChI=1S/C23H22BrN3O3/c1-30-18-9-6-16(7-10-18)15-25-22(28)5-3-13-27-21-14-17(24)8-11-19(21)26-12-2-4-20(26)23(27)29/h2,4,6-12,14H,3,5,13,15H2,1H3,(H,25,28). The van der Waals surface area contributed by atoms with Crippen molar-refractivity contribution in [3.05, 3.63) is 81.2 Å². The Labute approximate surface area is 182 Å². The number of amides is 1. The Morgan fingerprint density at radius 1 is 1.07 bits per heavy atom. The molecule has 2 heterocycles. The lowest BCUT2D eigenvalue weighted by molar-refractivity contribution is -0.121. The van der Waals surface area contributed by atoms with E-state index >= 15 is 0 Å². The van der Waals surface area contributed by atoms with Crippen molar-refractivity contribution >= 4 is 38.4 Å². The Balaban J connectivity index is 1.44. The van der Waals surface area contributed by atoms with Crippen molar-refractivity contribution < 1.29 is 9.53 Å². The highest BCUT2D eigenvalue weighted by Crippen LogP contribution is 2.20. The lowest BCUT2D eigenvalue weighted by Crippen LogP contribution is -2.25. The minimum atomic E-state index is -0.0516. The molecule has 1 amide bonds. The maximum absolute atomic E-state index is 13.0. The molecule has 6 nitrogen and oxygen atoms in total. The molecule has 154 valence electrons. The van der Waals surface area contributed by atoms with Crippen LogP contribution < -0.4 is 15.6 Å². The monoisotopic (exact) mass is 467 g/mol. The SMILES string of the molecule is COc1ccc(CNC(=O)CCCn2c(=O)c3cccn3c3ccc(Br)cc32)cc1. The number of nitrogens with one attached hydrogen (secondary N) is 1. The van der Waals surface area contributed by atoms with Crippen LogP contribution in [0.3, 0.4) is 0 Å². The molecule has 0 unspecified atom stereocenters. The molecule has 2 aromatic heterocycles. The number of ether oxygens (including phenoxy) is 1. The normalized spacial score (nSPS) is 11.1. The number of fused-ring (bicyclic) bond motifs is 3. The van der Waals surface area contributed by atoms with E-state index in [1.54, 1.807) is 11.7 Å². The molecule has 30 heavy (non-hydrogen) atoms. The Kier molecular flexibility index (Phi) is 5.90. The molecule has 0 bridgehead atoms. The molecule has 7 heteroatoms. The van der Waals surface area contributed by atoms with Crippen molar-refractivity contribution in [2.75, 3.05) is 7.11 Å². The summed E-state index contributed by atoms with van der Waals surface area (Å²) in [6.45, 7) is 0.943. The van der Waals surface area contributed by atoms with E-state index in [0.717, 1.165) is 26.8 Å². The molecule has 2 aromatic carbocycles. The van der Waals surface area contributed by atoms with Crippen LogP contribution in [-0.2, 0) is 17.9 Å². The first-order chi connectivity index (χ1) is 14.6. The second-order valence-electron chi connectivity index (χ2n) is 7.08. The van der Waals surface area contributed by atoms with Crippen molar-refractivity contribution in [2.45, 2.75) is 25.9 Å². The maximum Gasteiger partial charge on any atom is 0.275 e. The van der Waals surface area contributed by atoms with E-state index in [4.69, 9.17) is 4.74 Å². The third-order valence-electron chi connectivity index (χ3n) is 5.14. The number of hydrogen-bond donors (Lipinski definition) is 1. The summed E-state index contributed by atoms with van der Waals surface area (Å²) in [4.78, 5) is 25.2.